The lowest BCUT2D eigenvalue weighted by Gasteiger charge is -2.27. The first-order chi connectivity index (χ1) is 29.1. The van der Waals surface area contributed by atoms with Crippen LogP contribution in [0.2, 0.25) is 0 Å². The van der Waals surface area contributed by atoms with Gasteiger partial charge in [0.2, 0.25) is 0 Å². The highest BCUT2D eigenvalue weighted by atomic mass is 16.3. The zero-order valence-electron chi connectivity index (χ0n) is 35.8. The van der Waals surface area contributed by atoms with Crippen molar-refractivity contribution in [2.24, 2.45) is 0 Å². The Balaban J connectivity index is 1.08. The van der Waals surface area contributed by atoms with Gasteiger partial charge in [-0.15, -0.1) is 0 Å². The summed E-state index contributed by atoms with van der Waals surface area (Å²) in [6.07, 6.45) is 0. The molecule has 2 nitrogen and oxygen atoms in total. The molecule has 1 aromatic heterocycles. The third kappa shape index (κ3) is 5.21. The molecule has 0 radical (unpaired) electrons. The first-order valence-corrected chi connectivity index (χ1v) is 17.1. The van der Waals surface area contributed by atoms with Crippen LogP contribution >= 0.6 is 0 Å². The minimum absolute atomic E-state index is 0.147. The van der Waals surface area contributed by atoms with E-state index >= 15 is 0 Å². The van der Waals surface area contributed by atoms with E-state index in [2.05, 4.69) is 17.0 Å². The number of para-hydroxylation sites is 2. The Morgan fingerprint density at radius 1 is 0.404 bits per heavy atom. The summed E-state index contributed by atoms with van der Waals surface area (Å²) in [4.78, 5) is 2.09. The van der Waals surface area contributed by atoms with Gasteiger partial charge in [-0.1, -0.05) is 139 Å². The number of hydrogen-bond acceptors (Lipinski definition) is 2. The van der Waals surface area contributed by atoms with E-state index in [4.69, 9.17) is 14.0 Å². The van der Waals surface area contributed by atoms with E-state index in [1.807, 2.05) is 121 Å². The van der Waals surface area contributed by atoms with Gasteiger partial charge in [-0.2, -0.15) is 0 Å². The van der Waals surface area contributed by atoms with Crippen LogP contribution in [0.25, 0.3) is 76.9 Å². The second-order valence-corrected chi connectivity index (χ2v) is 12.7. The Kier molecular flexibility index (Phi) is 5.45. The highest BCUT2D eigenvalue weighted by Gasteiger charge is 2.17. The lowest BCUT2D eigenvalue weighted by molar-refractivity contribution is 0.669. The van der Waals surface area contributed by atoms with Crippen molar-refractivity contribution in [2.45, 2.75) is 0 Å². The fourth-order valence-electron chi connectivity index (χ4n) is 7.18. The van der Waals surface area contributed by atoms with Crippen molar-refractivity contribution in [1.29, 1.82) is 0 Å². The lowest BCUT2D eigenvalue weighted by Crippen LogP contribution is -2.10. The summed E-state index contributed by atoms with van der Waals surface area (Å²) in [5.41, 5.74) is 7.65. The fraction of sp³-hybridized carbons (Fsp3) is 0. The van der Waals surface area contributed by atoms with E-state index in [1.165, 1.54) is 0 Å². The largest absolute Gasteiger partial charge is 0.456 e. The van der Waals surface area contributed by atoms with Gasteiger partial charge in [0.1, 0.15) is 11.2 Å². The Morgan fingerprint density at radius 3 is 2.02 bits per heavy atom. The molecule has 10 aromatic rings. The topological polar surface area (TPSA) is 16.4 Å². The normalized spacial score (nSPS) is 13.6. The third-order valence-corrected chi connectivity index (χ3v) is 9.61. The average molecular weight is 672 g/mol. The van der Waals surface area contributed by atoms with Gasteiger partial charge >= 0.3 is 0 Å². The number of anilines is 3. The summed E-state index contributed by atoms with van der Waals surface area (Å²) in [5.74, 6) is 0. The van der Waals surface area contributed by atoms with Gasteiger partial charge in [0.05, 0.1) is 11.0 Å². The zero-order valence-corrected chi connectivity index (χ0v) is 27.8. The van der Waals surface area contributed by atoms with Crippen LogP contribution in [0.4, 0.5) is 17.1 Å². The molecule has 2 heteroatoms. The van der Waals surface area contributed by atoms with E-state index in [0.717, 1.165) is 44.5 Å². The van der Waals surface area contributed by atoms with Crippen molar-refractivity contribution in [3.8, 4) is 33.4 Å². The molecule has 0 amide bonds. The quantitative estimate of drug-likeness (QED) is 0.175. The number of hydrogen-bond donors (Lipinski definition) is 0. The molecule has 0 aliphatic heterocycles. The summed E-state index contributed by atoms with van der Waals surface area (Å²) < 4.78 is 75.7. The Morgan fingerprint density at radius 2 is 1.15 bits per heavy atom. The molecule has 0 saturated heterocycles. The lowest BCUT2D eigenvalue weighted by atomic mass is 9.95. The van der Waals surface area contributed by atoms with Crippen LogP contribution in [-0.4, -0.2) is 0 Å². The number of rotatable bonds is 6. The molecule has 1 heterocycles. The van der Waals surface area contributed by atoms with E-state index in [1.54, 1.807) is 18.2 Å². The molecular formula is C50H33NO. The second kappa shape index (κ2) is 12.5. The van der Waals surface area contributed by atoms with Crippen molar-refractivity contribution in [2.75, 3.05) is 4.90 Å². The first-order valence-electron chi connectivity index (χ1n) is 21.1. The van der Waals surface area contributed by atoms with Crippen LogP contribution in [0.1, 0.15) is 11.0 Å². The summed E-state index contributed by atoms with van der Waals surface area (Å²) in [6.45, 7) is 0. The molecule has 0 unspecified atom stereocenters. The van der Waals surface area contributed by atoms with Crippen molar-refractivity contribution in [1.82, 2.24) is 0 Å². The molecule has 0 N–H and O–H groups in total. The number of benzene rings is 9. The average Bonchev–Trinajstić information content (AvgIpc) is 3.65. The molecule has 0 spiro atoms. The van der Waals surface area contributed by atoms with Crippen molar-refractivity contribution in [3.63, 3.8) is 0 Å². The smallest absolute Gasteiger partial charge is 0.136 e. The van der Waals surface area contributed by atoms with E-state index in [0.29, 0.717) is 49.9 Å². The Hall–Kier alpha value is -6.90. The highest BCUT2D eigenvalue weighted by Crippen LogP contribution is 2.41. The molecule has 0 aliphatic rings. The summed E-state index contributed by atoms with van der Waals surface area (Å²) in [7, 11) is 0. The molecule has 0 saturated carbocycles. The molecule has 0 aliphatic carbocycles. The van der Waals surface area contributed by atoms with Crippen LogP contribution < -0.4 is 4.90 Å². The maximum absolute atomic E-state index is 9.49. The highest BCUT2D eigenvalue weighted by molar-refractivity contribution is 6.19. The minimum Gasteiger partial charge on any atom is -0.456 e. The summed E-state index contributed by atoms with van der Waals surface area (Å²) >= 11 is 0. The predicted molar refractivity (Wildman–Crippen MR) is 220 cm³/mol. The van der Waals surface area contributed by atoms with Gasteiger partial charge in [0.15, 0.2) is 0 Å². The minimum atomic E-state index is -0.432. The first kappa shape index (κ1) is 22.7. The van der Waals surface area contributed by atoms with Crippen molar-refractivity contribution >= 4 is 60.5 Å². The fourth-order valence-corrected chi connectivity index (χ4v) is 7.18. The SMILES string of the molecule is [2H]c1c([2H])c([2H])c(-c2cc(N(c3ccccc3)c3ccc(-c4cccc(-c5ccc6c([2H])cc7oc8cccc([2H])c8c7c6c5[2H])c4)cc3)cc3ccccc23)c([2H])c1[2H]. The molecule has 52 heavy (non-hydrogen) atoms. The number of furan rings is 1. The maximum Gasteiger partial charge on any atom is 0.136 e. The van der Waals surface area contributed by atoms with E-state index < -0.39 is 6.04 Å². The standard InChI is InChI=1S/C50H33NO/c1-3-12-35(13-4-1)46-33-43(31-40-14-7-8-19-44(40)46)51(41-17-5-2-6-18-41)42-27-24-34(25-28-42)37-15-11-16-38(30-37)39-23-22-36-26-29-49-50(47(36)32-39)45-20-9-10-21-48(45)52-49/h1-33H/i1D,3D,4D,12D,13D,20D,26D,32D. The molecule has 244 valence electrons. The van der Waals surface area contributed by atoms with Gasteiger partial charge in [-0.3, -0.25) is 0 Å². The molecule has 0 fully saturated rings. The number of nitrogens with zero attached hydrogens (tertiary/aromatic N) is 1. The molecule has 10 rings (SSSR count). The van der Waals surface area contributed by atoms with Gasteiger partial charge in [-0.05, 0) is 116 Å². The summed E-state index contributed by atoms with van der Waals surface area (Å²) in [5, 5.41) is 4.16. The van der Waals surface area contributed by atoms with Gasteiger partial charge in [0.25, 0.3) is 0 Å². The van der Waals surface area contributed by atoms with Crippen molar-refractivity contribution in [3.05, 3.63) is 200 Å². The summed E-state index contributed by atoms with van der Waals surface area (Å²) in [6, 6.07) is 47.6. The molecule has 0 bridgehead atoms. The van der Waals surface area contributed by atoms with Crippen LogP contribution in [-0.2, 0) is 0 Å². The van der Waals surface area contributed by atoms with Crippen LogP contribution in [0, 0.1) is 0 Å². The van der Waals surface area contributed by atoms with Crippen LogP contribution in [0.3, 0.4) is 0 Å². The Labute approximate surface area is 313 Å². The monoisotopic (exact) mass is 671 g/mol. The second-order valence-electron chi connectivity index (χ2n) is 12.7. The van der Waals surface area contributed by atoms with Gasteiger partial charge < -0.3 is 9.32 Å². The van der Waals surface area contributed by atoms with Crippen molar-refractivity contribution < 1.29 is 15.4 Å². The molecule has 0 atom stereocenters. The van der Waals surface area contributed by atoms with Crippen LogP contribution in [0.15, 0.2) is 204 Å². The maximum atomic E-state index is 9.49. The van der Waals surface area contributed by atoms with Gasteiger partial charge in [-0.25, -0.2) is 0 Å². The third-order valence-electron chi connectivity index (χ3n) is 9.61. The predicted octanol–water partition coefficient (Wildman–Crippen LogP) is 14.4. The van der Waals surface area contributed by atoms with Gasteiger partial charge in [0, 0.05) is 27.8 Å². The van der Waals surface area contributed by atoms with Crippen LogP contribution in [0.5, 0.6) is 0 Å². The van der Waals surface area contributed by atoms with E-state index in [-0.39, 0.29) is 41.8 Å². The molecule has 9 aromatic carbocycles. The molecular weight excluding hydrogens is 631 g/mol. The zero-order chi connectivity index (χ0) is 41.4. The van der Waals surface area contributed by atoms with E-state index in [9.17, 15) is 1.37 Å². The Bertz CT molecular complexity index is 3330. The number of fused-ring (bicyclic) bond motifs is 6.